The number of H-pyrrole nitrogens is 1. The number of carbonyl (C=O) groups excluding carboxylic acids is 2. The van der Waals surface area contributed by atoms with Crippen molar-refractivity contribution in [2.45, 2.75) is 39.2 Å². The number of hydrogen-bond acceptors (Lipinski definition) is 6. The van der Waals surface area contributed by atoms with Crippen LogP contribution in [0.2, 0.25) is 0 Å². The van der Waals surface area contributed by atoms with Crippen LogP contribution in [-0.2, 0) is 25.5 Å². The van der Waals surface area contributed by atoms with Crippen molar-refractivity contribution in [3.8, 4) is 5.75 Å². The maximum Gasteiger partial charge on any atom is 0.337 e. The van der Waals surface area contributed by atoms with E-state index in [4.69, 9.17) is 14.2 Å². The molecule has 7 nitrogen and oxygen atoms in total. The second kappa shape index (κ2) is 8.75. The van der Waals surface area contributed by atoms with Gasteiger partial charge in [-0.25, -0.2) is 4.79 Å². The minimum Gasteiger partial charge on any atom is -0.504 e. The Morgan fingerprint density at radius 1 is 1.29 bits per heavy atom. The van der Waals surface area contributed by atoms with Gasteiger partial charge in [0.05, 0.1) is 32.1 Å². The van der Waals surface area contributed by atoms with Gasteiger partial charge >= 0.3 is 11.9 Å². The molecule has 4 rings (SSSR count). The second-order valence-electron chi connectivity index (χ2n) is 8.36. The number of benzene rings is 1. The van der Waals surface area contributed by atoms with Gasteiger partial charge in [-0.3, -0.25) is 9.69 Å². The number of esters is 2. The number of methoxy groups -OCH3 is 2. The molecule has 2 aliphatic rings. The quantitative estimate of drug-likeness (QED) is 0.340. The van der Waals surface area contributed by atoms with Gasteiger partial charge in [-0.2, -0.15) is 0 Å². The Bertz CT molecular complexity index is 1020. The molecule has 0 bridgehead atoms. The highest BCUT2D eigenvalue weighted by Crippen LogP contribution is 2.47. The largest absolute Gasteiger partial charge is 0.504 e. The van der Waals surface area contributed by atoms with E-state index in [9.17, 15) is 9.59 Å². The Hall–Kier alpha value is -2.80. The molecule has 0 unspecified atom stereocenters. The Morgan fingerprint density at radius 2 is 2.10 bits per heavy atom. The number of nitrogens with zero attached hydrogens (tertiary/aromatic N) is 1. The molecule has 0 saturated carbocycles. The van der Waals surface area contributed by atoms with E-state index < -0.39 is 0 Å². The first kappa shape index (κ1) is 21.4. The topological polar surface area (TPSA) is 80.9 Å². The molecule has 166 valence electrons. The number of nitrogens with one attached hydrogen (secondary N) is 1. The summed E-state index contributed by atoms with van der Waals surface area (Å²) in [4.78, 5) is 30.2. The lowest BCUT2D eigenvalue weighted by molar-refractivity contribution is -0.137. The molecule has 3 atom stereocenters. The van der Waals surface area contributed by atoms with Gasteiger partial charge in [-0.05, 0) is 42.4 Å². The third-order valence-electron chi connectivity index (χ3n) is 6.70. The lowest BCUT2D eigenvalue weighted by Crippen LogP contribution is -2.47. The highest BCUT2D eigenvalue weighted by atomic mass is 16.5. The maximum absolute atomic E-state index is 12.5. The summed E-state index contributed by atoms with van der Waals surface area (Å²) in [5.41, 5.74) is 3.93. The van der Waals surface area contributed by atoms with Gasteiger partial charge in [0.25, 0.3) is 0 Å². The molecule has 0 aliphatic carbocycles. The van der Waals surface area contributed by atoms with Crippen LogP contribution in [0.25, 0.3) is 10.9 Å². The van der Waals surface area contributed by atoms with E-state index in [1.807, 2.05) is 18.2 Å². The summed E-state index contributed by atoms with van der Waals surface area (Å²) in [7, 11) is 2.97. The first-order valence-electron chi connectivity index (χ1n) is 10.9. The molecule has 0 amide bonds. The standard InChI is InChI=1S/C24H30N2O5/c1-5-15-12-26-10-9-16-22-19(7-6-8-21(22)31-14(2)27)25-23(16)20(26)11-17(15)18(13-29-3)24(28)30-4/h6-8,13,15,17,20,25H,5,9-12H2,1-4H3/b18-13+/t15-,17+,20+/m1/s1. The predicted octanol–water partition coefficient (Wildman–Crippen LogP) is 3.74. The third kappa shape index (κ3) is 3.82. The smallest absolute Gasteiger partial charge is 0.337 e. The lowest BCUT2D eigenvalue weighted by atomic mass is 9.74. The SMILES string of the molecule is CC[C@@H]1CN2CCc3c([nH]c4cccc(OC(C)=O)c34)[C@@H]2C[C@@H]1/C(=C\OC)C(=O)OC. The van der Waals surface area contributed by atoms with Crippen LogP contribution in [0, 0.1) is 11.8 Å². The van der Waals surface area contributed by atoms with E-state index >= 15 is 0 Å². The summed E-state index contributed by atoms with van der Waals surface area (Å²) in [6, 6.07) is 5.91. The van der Waals surface area contributed by atoms with Crippen LogP contribution in [-0.4, -0.2) is 49.1 Å². The van der Waals surface area contributed by atoms with E-state index in [0.717, 1.165) is 48.9 Å². The molecule has 31 heavy (non-hydrogen) atoms. The van der Waals surface area contributed by atoms with E-state index in [1.165, 1.54) is 19.6 Å². The van der Waals surface area contributed by atoms with Crippen molar-refractivity contribution in [1.29, 1.82) is 0 Å². The molecule has 0 spiro atoms. The summed E-state index contributed by atoms with van der Waals surface area (Å²) in [5, 5.41) is 0.988. The van der Waals surface area contributed by atoms with Gasteiger partial charge in [0.2, 0.25) is 0 Å². The van der Waals surface area contributed by atoms with Crippen molar-refractivity contribution in [3.05, 3.63) is 41.3 Å². The summed E-state index contributed by atoms with van der Waals surface area (Å²) < 4.78 is 15.8. The van der Waals surface area contributed by atoms with E-state index in [2.05, 4.69) is 16.8 Å². The van der Waals surface area contributed by atoms with Crippen molar-refractivity contribution >= 4 is 22.8 Å². The van der Waals surface area contributed by atoms with Crippen LogP contribution in [0.15, 0.2) is 30.0 Å². The maximum atomic E-state index is 12.5. The van der Waals surface area contributed by atoms with Gasteiger partial charge in [0.1, 0.15) is 5.75 Å². The van der Waals surface area contributed by atoms with Gasteiger partial charge in [0.15, 0.2) is 0 Å². The van der Waals surface area contributed by atoms with Crippen LogP contribution < -0.4 is 4.74 Å². The minimum atomic E-state index is -0.330. The number of aromatic nitrogens is 1. The summed E-state index contributed by atoms with van der Waals surface area (Å²) >= 11 is 0. The summed E-state index contributed by atoms with van der Waals surface area (Å²) in [6.45, 7) is 5.44. The van der Waals surface area contributed by atoms with E-state index in [1.54, 1.807) is 13.4 Å². The van der Waals surface area contributed by atoms with Crippen molar-refractivity contribution in [2.75, 3.05) is 27.3 Å². The predicted molar refractivity (Wildman–Crippen MR) is 117 cm³/mol. The summed E-state index contributed by atoms with van der Waals surface area (Å²) in [5.74, 6) is 0.340. The van der Waals surface area contributed by atoms with Crippen LogP contribution in [0.4, 0.5) is 0 Å². The van der Waals surface area contributed by atoms with Crippen molar-refractivity contribution < 1.29 is 23.8 Å². The Balaban J connectivity index is 1.76. The highest BCUT2D eigenvalue weighted by molar-refractivity contribution is 5.93. The van der Waals surface area contributed by atoms with Crippen LogP contribution in [0.1, 0.15) is 44.0 Å². The Morgan fingerprint density at radius 3 is 2.77 bits per heavy atom. The van der Waals surface area contributed by atoms with Crippen LogP contribution in [0.5, 0.6) is 5.75 Å². The number of hydrogen-bond donors (Lipinski definition) is 1. The number of aromatic amines is 1. The molecule has 2 aromatic rings. The average Bonchev–Trinajstić information content (AvgIpc) is 3.15. The highest BCUT2D eigenvalue weighted by Gasteiger charge is 2.42. The fourth-order valence-corrected chi connectivity index (χ4v) is 5.35. The monoisotopic (exact) mass is 426 g/mol. The van der Waals surface area contributed by atoms with Crippen LogP contribution in [0.3, 0.4) is 0 Å². The zero-order chi connectivity index (χ0) is 22.1. The second-order valence-corrected chi connectivity index (χ2v) is 8.36. The van der Waals surface area contributed by atoms with Gasteiger partial charge in [-0.1, -0.05) is 19.4 Å². The number of carbonyl (C=O) groups is 2. The lowest BCUT2D eigenvalue weighted by Gasteiger charge is -2.46. The molecule has 0 radical (unpaired) electrons. The fraction of sp³-hybridized carbons (Fsp3) is 0.500. The van der Waals surface area contributed by atoms with Crippen molar-refractivity contribution in [1.82, 2.24) is 9.88 Å². The van der Waals surface area contributed by atoms with Crippen molar-refractivity contribution in [3.63, 3.8) is 0 Å². The molecular formula is C24H30N2O5. The number of piperidine rings is 1. The first-order chi connectivity index (χ1) is 15.0. The molecule has 3 heterocycles. The van der Waals surface area contributed by atoms with Gasteiger partial charge < -0.3 is 19.2 Å². The Kier molecular flexibility index (Phi) is 6.05. The number of fused-ring (bicyclic) bond motifs is 5. The summed E-state index contributed by atoms with van der Waals surface area (Å²) in [6.07, 6.45) is 4.21. The van der Waals surface area contributed by atoms with E-state index in [-0.39, 0.29) is 23.9 Å². The molecule has 1 saturated heterocycles. The van der Waals surface area contributed by atoms with Crippen molar-refractivity contribution in [2.24, 2.45) is 11.8 Å². The molecule has 7 heteroatoms. The fourth-order valence-electron chi connectivity index (χ4n) is 5.35. The van der Waals surface area contributed by atoms with Crippen LogP contribution >= 0.6 is 0 Å². The molecule has 1 N–H and O–H groups in total. The number of ether oxygens (including phenoxy) is 3. The zero-order valence-electron chi connectivity index (χ0n) is 18.6. The first-order valence-corrected chi connectivity index (χ1v) is 10.9. The molecule has 1 aromatic carbocycles. The molecule has 2 aliphatic heterocycles. The normalized spacial score (nSPS) is 23.7. The van der Waals surface area contributed by atoms with Gasteiger partial charge in [0, 0.05) is 36.6 Å². The van der Waals surface area contributed by atoms with Gasteiger partial charge in [-0.15, -0.1) is 0 Å². The third-order valence-corrected chi connectivity index (χ3v) is 6.70. The minimum absolute atomic E-state index is 0.0453. The molecule has 1 aromatic heterocycles. The zero-order valence-corrected chi connectivity index (χ0v) is 18.6. The number of rotatable bonds is 5. The Labute approximate surface area is 182 Å². The molecular weight excluding hydrogens is 396 g/mol. The molecule has 1 fully saturated rings. The average molecular weight is 427 g/mol. The van der Waals surface area contributed by atoms with E-state index in [0.29, 0.717) is 17.2 Å².